The summed E-state index contributed by atoms with van der Waals surface area (Å²) in [6, 6.07) is -0.166. The van der Waals surface area contributed by atoms with Gasteiger partial charge >= 0.3 is 0 Å². The van der Waals surface area contributed by atoms with E-state index < -0.39 is 10.0 Å². The number of sulfonamides is 1. The average Bonchev–Trinajstić information content (AvgIpc) is 2.50. The first-order chi connectivity index (χ1) is 10.8. The summed E-state index contributed by atoms with van der Waals surface area (Å²) in [5.74, 6) is 0.0777. The largest absolute Gasteiger partial charge is 0.394 e. The molecule has 1 atom stereocenters. The molecule has 1 rings (SSSR count). The van der Waals surface area contributed by atoms with E-state index >= 15 is 0 Å². The molecule has 1 heterocycles. The molecular formula is C12H27N7O3S. The Morgan fingerprint density at radius 1 is 1.48 bits per heavy atom. The molecule has 0 bridgehead atoms. The van der Waals surface area contributed by atoms with Crippen LogP contribution in [0, 0.1) is 5.41 Å². The number of guanidine groups is 2. The summed E-state index contributed by atoms with van der Waals surface area (Å²) in [7, 11) is -3.14. The van der Waals surface area contributed by atoms with Crippen molar-refractivity contribution < 1.29 is 13.5 Å². The van der Waals surface area contributed by atoms with Crippen molar-refractivity contribution in [3.63, 3.8) is 0 Å². The fourth-order valence-corrected chi connectivity index (χ4v) is 3.08. The lowest BCUT2D eigenvalue weighted by molar-refractivity contribution is 0.251. The van der Waals surface area contributed by atoms with Gasteiger partial charge in [0.05, 0.1) is 18.9 Å². The molecule has 10 nitrogen and oxygen atoms in total. The molecule has 0 aromatic rings. The maximum Gasteiger partial charge on any atom is 0.211 e. The molecule has 23 heavy (non-hydrogen) atoms. The minimum Gasteiger partial charge on any atom is -0.394 e. The third-order valence-corrected chi connectivity index (χ3v) is 4.93. The smallest absolute Gasteiger partial charge is 0.211 e. The maximum absolute atomic E-state index is 11.4. The number of hydrogen-bond acceptors (Lipinski definition) is 5. The summed E-state index contributed by atoms with van der Waals surface area (Å²) in [5, 5.41) is 26.3. The lowest BCUT2D eigenvalue weighted by atomic mass is 10.1. The predicted molar refractivity (Wildman–Crippen MR) is 89.4 cm³/mol. The van der Waals surface area contributed by atoms with Gasteiger partial charge in [-0.1, -0.05) is 6.92 Å². The van der Waals surface area contributed by atoms with Crippen LogP contribution in [0.2, 0.25) is 0 Å². The van der Waals surface area contributed by atoms with Gasteiger partial charge < -0.3 is 21.5 Å². The Hall–Kier alpha value is -1.59. The van der Waals surface area contributed by atoms with Crippen LogP contribution in [0.5, 0.6) is 0 Å². The number of nitrogens with one attached hydrogen (secondary N) is 4. The minimum absolute atomic E-state index is 0.0431. The minimum atomic E-state index is -3.14. The van der Waals surface area contributed by atoms with Gasteiger partial charge in [0.2, 0.25) is 21.9 Å². The highest BCUT2D eigenvalue weighted by atomic mass is 32.2. The highest BCUT2D eigenvalue weighted by molar-refractivity contribution is 7.88. The van der Waals surface area contributed by atoms with E-state index in [0.29, 0.717) is 32.4 Å². The molecule has 134 valence electrons. The summed E-state index contributed by atoms with van der Waals surface area (Å²) in [4.78, 5) is 0. The Kier molecular flexibility index (Phi) is 7.52. The lowest BCUT2D eigenvalue weighted by Crippen LogP contribution is -2.49. The van der Waals surface area contributed by atoms with E-state index in [4.69, 9.17) is 16.2 Å². The van der Waals surface area contributed by atoms with Crippen LogP contribution in [0.4, 0.5) is 0 Å². The lowest BCUT2D eigenvalue weighted by Gasteiger charge is -2.30. The van der Waals surface area contributed by atoms with Crippen molar-refractivity contribution in [2.75, 3.05) is 26.0 Å². The Morgan fingerprint density at radius 2 is 2.09 bits per heavy atom. The van der Waals surface area contributed by atoms with Crippen molar-refractivity contribution in [3.8, 4) is 0 Å². The molecule has 0 saturated carbocycles. The first-order valence-electron chi connectivity index (χ1n) is 7.53. The summed E-state index contributed by atoms with van der Waals surface area (Å²) in [6.07, 6.45) is 3.16. The van der Waals surface area contributed by atoms with Crippen LogP contribution in [-0.2, 0) is 10.0 Å². The van der Waals surface area contributed by atoms with E-state index in [0.717, 1.165) is 0 Å². The molecular weight excluding hydrogens is 322 g/mol. The third-order valence-electron chi connectivity index (χ3n) is 3.62. The van der Waals surface area contributed by atoms with E-state index in [-0.39, 0.29) is 30.6 Å². The molecule has 1 unspecified atom stereocenters. The highest BCUT2D eigenvalue weighted by Gasteiger charge is 2.24. The van der Waals surface area contributed by atoms with Gasteiger partial charge in [-0.2, -0.15) is 0 Å². The van der Waals surface area contributed by atoms with Gasteiger partial charge in [-0.15, -0.1) is 5.10 Å². The first kappa shape index (κ1) is 19.5. The van der Waals surface area contributed by atoms with E-state index in [1.807, 2.05) is 6.92 Å². The number of nitrogens with zero attached hydrogens (tertiary/aromatic N) is 2. The van der Waals surface area contributed by atoms with Gasteiger partial charge in [-0.25, -0.2) is 18.1 Å². The Bertz CT molecular complexity index is 511. The number of rotatable bonds is 6. The van der Waals surface area contributed by atoms with Gasteiger partial charge in [0, 0.05) is 19.1 Å². The topological polar surface area (TPSA) is 156 Å². The van der Waals surface area contributed by atoms with E-state index in [2.05, 4.69) is 21.2 Å². The predicted octanol–water partition coefficient (Wildman–Crippen LogP) is -1.89. The molecule has 0 amide bonds. The second-order valence-electron chi connectivity index (χ2n) is 5.50. The van der Waals surface area contributed by atoms with Crippen LogP contribution in [0.3, 0.4) is 0 Å². The van der Waals surface area contributed by atoms with Crippen LogP contribution >= 0.6 is 0 Å². The molecule has 0 spiro atoms. The summed E-state index contributed by atoms with van der Waals surface area (Å²) in [6.45, 7) is 2.71. The Labute approximate surface area is 137 Å². The quantitative estimate of drug-likeness (QED) is 0.186. The van der Waals surface area contributed by atoms with Gasteiger partial charge in [0.25, 0.3) is 0 Å². The normalized spacial score (nSPS) is 19.2. The number of hydrogen-bond donors (Lipinski definition) is 6. The summed E-state index contributed by atoms with van der Waals surface area (Å²) >= 11 is 0. The molecule has 0 radical (unpaired) electrons. The fraction of sp³-hybridized carbons (Fsp3) is 0.833. The zero-order valence-corrected chi connectivity index (χ0v) is 14.4. The fourth-order valence-electron chi connectivity index (χ4n) is 2.20. The summed E-state index contributed by atoms with van der Waals surface area (Å²) < 4.78 is 24.3. The van der Waals surface area contributed by atoms with Gasteiger partial charge in [0.15, 0.2) is 0 Å². The van der Waals surface area contributed by atoms with E-state index in [1.165, 1.54) is 10.6 Å². The maximum atomic E-state index is 11.4. The number of nitrogens with two attached hydrogens (primary N) is 1. The van der Waals surface area contributed by atoms with Gasteiger partial charge in [0.1, 0.15) is 0 Å². The Morgan fingerprint density at radius 3 is 2.57 bits per heavy atom. The number of aliphatic hydroxyl groups is 1. The molecule has 1 aliphatic heterocycles. The zero-order chi connectivity index (χ0) is 17.5. The third kappa shape index (κ3) is 7.01. The molecule has 1 aliphatic rings. The standard InChI is InChI=1S/C12H27N7O3S/c1-3-9(8-20)15-11(13)17-18-12(14)16-10-4-6-19(7-5-10)23(2,21)22/h9-10,20H,3-8H2,1-2H3,(H3,13,15,17)(H3,14,16,18). The van der Waals surface area contributed by atoms with E-state index in [9.17, 15) is 8.42 Å². The number of hydrazone groups is 1. The van der Waals surface area contributed by atoms with Gasteiger partial charge in [-0.3, -0.25) is 5.41 Å². The van der Waals surface area contributed by atoms with Crippen molar-refractivity contribution >= 4 is 21.9 Å². The highest BCUT2D eigenvalue weighted by Crippen LogP contribution is 2.12. The van der Waals surface area contributed by atoms with Crippen molar-refractivity contribution in [1.82, 2.24) is 20.4 Å². The van der Waals surface area contributed by atoms with Crippen LogP contribution in [0.15, 0.2) is 5.10 Å². The van der Waals surface area contributed by atoms with Gasteiger partial charge in [-0.05, 0) is 19.3 Å². The van der Waals surface area contributed by atoms with Crippen molar-refractivity contribution in [2.45, 2.75) is 38.3 Å². The number of aliphatic hydroxyl groups excluding tert-OH is 1. The monoisotopic (exact) mass is 349 g/mol. The molecule has 1 fully saturated rings. The van der Waals surface area contributed by atoms with Crippen LogP contribution < -0.4 is 21.8 Å². The molecule has 7 N–H and O–H groups in total. The van der Waals surface area contributed by atoms with Crippen molar-refractivity contribution in [2.24, 2.45) is 10.8 Å². The molecule has 11 heteroatoms. The second-order valence-corrected chi connectivity index (χ2v) is 7.48. The van der Waals surface area contributed by atoms with Crippen LogP contribution in [0.25, 0.3) is 0 Å². The Balaban J connectivity index is 2.36. The average molecular weight is 349 g/mol. The first-order valence-corrected chi connectivity index (χ1v) is 9.37. The van der Waals surface area contributed by atoms with Crippen LogP contribution in [-0.4, -0.2) is 67.8 Å². The second kappa shape index (κ2) is 8.89. The number of piperidine rings is 1. The summed E-state index contributed by atoms with van der Waals surface area (Å²) in [5.41, 5.74) is 8.20. The molecule has 0 aromatic heterocycles. The van der Waals surface area contributed by atoms with Crippen LogP contribution in [0.1, 0.15) is 26.2 Å². The van der Waals surface area contributed by atoms with Crippen molar-refractivity contribution in [1.29, 1.82) is 5.41 Å². The zero-order valence-electron chi connectivity index (χ0n) is 13.5. The molecule has 0 aromatic carbocycles. The molecule has 1 saturated heterocycles. The van der Waals surface area contributed by atoms with E-state index in [1.54, 1.807) is 0 Å². The SMILES string of the molecule is CCC(CO)NC(=N)NN=C(N)NC1CCN(S(C)(=O)=O)CC1. The molecule has 0 aliphatic carbocycles. The van der Waals surface area contributed by atoms with Crippen molar-refractivity contribution in [3.05, 3.63) is 0 Å².